The normalized spacial score (nSPS) is 8.00. The largest absolute Gasteiger partial charge is 0.499 e. The third-order valence-electron chi connectivity index (χ3n) is 1.02. The average Bonchev–Trinajstić information content (AvgIpc) is 1.90. The number of aliphatic hydroxyl groups excluding tert-OH is 1. The zero-order chi connectivity index (χ0) is 6.69. The van der Waals surface area contributed by atoms with Crippen molar-refractivity contribution < 1.29 is 32.4 Å². The second-order valence-electron chi connectivity index (χ2n) is 1.67. The van der Waals surface area contributed by atoms with Gasteiger partial charge in [-0.3, -0.25) is 0 Å². The van der Waals surface area contributed by atoms with Crippen molar-refractivity contribution in [2.75, 3.05) is 0 Å². The standard InChI is InChI=1S/C7H6OS.Cd/c8-7(9)6-4-2-1-3-5-6;/h1-5H,(H,8,9);. The monoisotopic (exact) mass is 252 g/mol. The van der Waals surface area contributed by atoms with Crippen LogP contribution in [0.4, 0.5) is 0 Å². The molecule has 0 spiro atoms. The third kappa shape index (κ3) is 2.74. The number of thiocarbonyl (C=S) groups is 1. The van der Waals surface area contributed by atoms with Crippen molar-refractivity contribution in [2.45, 2.75) is 0 Å². The maximum absolute atomic E-state index is 8.76. The Balaban J connectivity index is 0.000000810. The average molecular weight is 251 g/mol. The maximum atomic E-state index is 8.76. The summed E-state index contributed by atoms with van der Waals surface area (Å²) in [5.74, 6) is 0. The molecule has 0 aliphatic carbocycles. The van der Waals surface area contributed by atoms with Crippen LogP contribution in [-0.4, -0.2) is 10.2 Å². The van der Waals surface area contributed by atoms with Crippen molar-refractivity contribution in [1.29, 1.82) is 0 Å². The Hall–Kier alpha value is 0.0321. The van der Waals surface area contributed by atoms with E-state index < -0.39 is 0 Å². The van der Waals surface area contributed by atoms with Crippen molar-refractivity contribution in [3.8, 4) is 0 Å². The van der Waals surface area contributed by atoms with Gasteiger partial charge in [0, 0.05) is 32.9 Å². The summed E-state index contributed by atoms with van der Waals surface area (Å²) in [5, 5.41) is 8.71. The molecule has 48 valence electrons. The van der Waals surface area contributed by atoms with Crippen LogP contribution in [0.5, 0.6) is 0 Å². The van der Waals surface area contributed by atoms with Crippen LogP contribution in [0.3, 0.4) is 0 Å². The van der Waals surface area contributed by atoms with Crippen LogP contribution >= 0.6 is 12.2 Å². The molecule has 0 atom stereocenters. The zero-order valence-corrected chi connectivity index (χ0v) is 10.3. The fourth-order valence-corrected chi connectivity index (χ4v) is 0.717. The Morgan fingerprint density at radius 3 is 2.00 bits per heavy atom. The van der Waals surface area contributed by atoms with Crippen LogP contribution in [0.15, 0.2) is 30.3 Å². The molecule has 1 aromatic rings. The second-order valence-corrected chi connectivity index (χ2v) is 2.06. The van der Waals surface area contributed by atoms with Crippen molar-refractivity contribution in [3.63, 3.8) is 0 Å². The molecular weight excluding hydrogens is 245 g/mol. The molecule has 0 aliphatic heterocycles. The molecule has 0 amide bonds. The Labute approximate surface area is 85.2 Å². The zero-order valence-electron chi connectivity index (χ0n) is 5.45. The minimum Gasteiger partial charge on any atom is -0.499 e. The molecule has 1 rings (SSSR count). The van der Waals surface area contributed by atoms with Crippen molar-refractivity contribution in [2.24, 2.45) is 0 Å². The second kappa shape index (κ2) is 4.79. The Bertz CT molecular complexity index is 210. The van der Waals surface area contributed by atoms with Gasteiger partial charge in [0.2, 0.25) is 0 Å². The summed E-state index contributed by atoms with van der Waals surface area (Å²) in [6.45, 7) is 0. The first-order valence-corrected chi connectivity index (χ1v) is 3.00. The SMILES string of the molecule is OC(=S)c1ccccc1.[Cd]. The van der Waals surface area contributed by atoms with Gasteiger partial charge in [-0.2, -0.15) is 0 Å². The first-order valence-electron chi connectivity index (χ1n) is 2.59. The van der Waals surface area contributed by atoms with Gasteiger partial charge in [-0.15, -0.1) is 0 Å². The number of hydrogen-bond acceptors (Lipinski definition) is 1. The summed E-state index contributed by atoms with van der Waals surface area (Å²) >= 11 is 4.52. The summed E-state index contributed by atoms with van der Waals surface area (Å²) in [6.07, 6.45) is 0. The van der Waals surface area contributed by atoms with E-state index in [-0.39, 0.29) is 32.3 Å². The number of benzene rings is 1. The molecule has 1 N–H and O–H groups in total. The first-order chi connectivity index (χ1) is 4.30. The van der Waals surface area contributed by atoms with E-state index in [1.807, 2.05) is 18.2 Å². The van der Waals surface area contributed by atoms with Crippen molar-refractivity contribution in [3.05, 3.63) is 35.9 Å². The van der Waals surface area contributed by atoms with Crippen LogP contribution in [-0.2, 0) is 27.3 Å². The number of rotatable bonds is 1. The summed E-state index contributed by atoms with van der Waals surface area (Å²) in [4.78, 5) is 0. The molecule has 0 saturated heterocycles. The van der Waals surface area contributed by atoms with Gasteiger partial charge in [-0.1, -0.05) is 30.3 Å². The van der Waals surface area contributed by atoms with Crippen molar-refractivity contribution in [1.82, 2.24) is 0 Å². The van der Waals surface area contributed by atoms with Gasteiger partial charge >= 0.3 is 0 Å². The topological polar surface area (TPSA) is 20.2 Å². The van der Waals surface area contributed by atoms with E-state index in [1.54, 1.807) is 12.1 Å². The summed E-state index contributed by atoms with van der Waals surface area (Å²) in [5.41, 5.74) is 0.701. The number of aliphatic hydroxyl groups is 1. The van der Waals surface area contributed by atoms with Gasteiger partial charge in [-0.25, -0.2) is 0 Å². The Morgan fingerprint density at radius 1 is 1.20 bits per heavy atom. The molecule has 1 nitrogen and oxygen atoms in total. The van der Waals surface area contributed by atoms with Gasteiger partial charge in [0.05, 0.1) is 0 Å². The van der Waals surface area contributed by atoms with E-state index in [0.717, 1.165) is 0 Å². The van der Waals surface area contributed by atoms with Gasteiger partial charge in [-0.05, 0) is 12.2 Å². The molecule has 0 heterocycles. The predicted molar refractivity (Wildman–Crippen MR) is 40.8 cm³/mol. The van der Waals surface area contributed by atoms with Crippen LogP contribution < -0.4 is 0 Å². The molecule has 0 aliphatic rings. The van der Waals surface area contributed by atoms with Crippen LogP contribution in [0, 0.1) is 0 Å². The number of hydrogen-bond donors (Lipinski definition) is 1. The van der Waals surface area contributed by atoms with Crippen LogP contribution in [0.2, 0.25) is 0 Å². The molecule has 0 bridgehead atoms. The molecule has 0 unspecified atom stereocenters. The summed E-state index contributed by atoms with van der Waals surface area (Å²) in [6, 6.07) is 9.07. The van der Waals surface area contributed by atoms with Gasteiger partial charge in [0.15, 0.2) is 5.05 Å². The molecule has 1 aromatic carbocycles. The van der Waals surface area contributed by atoms with Crippen LogP contribution in [0.25, 0.3) is 0 Å². The quantitative estimate of drug-likeness (QED) is 0.607. The maximum Gasteiger partial charge on any atom is 0.188 e. The third-order valence-corrected chi connectivity index (χ3v) is 1.26. The molecule has 3 heteroatoms. The fraction of sp³-hybridized carbons (Fsp3) is 0. The molecule has 10 heavy (non-hydrogen) atoms. The summed E-state index contributed by atoms with van der Waals surface area (Å²) < 4.78 is 0. The van der Waals surface area contributed by atoms with E-state index in [1.165, 1.54) is 0 Å². The molecule has 0 radical (unpaired) electrons. The van der Waals surface area contributed by atoms with Gasteiger partial charge in [0.25, 0.3) is 0 Å². The molecular formula is C7H6CdOS. The molecule has 0 saturated carbocycles. The molecule has 0 fully saturated rings. The van der Waals surface area contributed by atoms with E-state index in [4.69, 9.17) is 5.11 Å². The molecule has 0 aromatic heterocycles. The summed E-state index contributed by atoms with van der Waals surface area (Å²) in [7, 11) is 0. The minimum atomic E-state index is -0.0457. The van der Waals surface area contributed by atoms with Gasteiger partial charge in [0.1, 0.15) is 0 Å². The van der Waals surface area contributed by atoms with Gasteiger partial charge < -0.3 is 5.11 Å². The van der Waals surface area contributed by atoms with Crippen LogP contribution in [0.1, 0.15) is 5.56 Å². The fourth-order valence-electron chi connectivity index (χ4n) is 0.581. The van der Waals surface area contributed by atoms with E-state index >= 15 is 0 Å². The smallest absolute Gasteiger partial charge is 0.188 e. The predicted octanol–water partition coefficient (Wildman–Crippen LogP) is 1.92. The first kappa shape index (κ1) is 10.0. The Kier molecular flexibility index (Phi) is 4.80. The van der Waals surface area contributed by atoms with E-state index in [9.17, 15) is 0 Å². The van der Waals surface area contributed by atoms with E-state index in [2.05, 4.69) is 12.2 Å². The van der Waals surface area contributed by atoms with E-state index in [0.29, 0.717) is 5.56 Å². The minimum absolute atomic E-state index is 0. The van der Waals surface area contributed by atoms with Crippen molar-refractivity contribution >= 4 is 17.3 Å². The Morgan fingerprint density at radius 2 is 1.70 bits per heavy atom.